The Morgan fingerprint density at radius 2 is 1.36 bits per heavy atom. The van der Waals surface area contributed by atoms with Crippen LogP contribution < -0.4 is 8.92 Å². The molecule has 33 heavy (non-hydrogen) atoms. The first-order chi connectivity index (χ1) is 15.8. The molecule has 0 saturated heterocycles. The zero-order chi connectivity index (χ0) is 23.7. The van der Waals surface area contributed by atoms with Crippen molar-refractivity contribution in [2.75, 3.05) is 18.6 Å². The molecule has 0 heterocycles. The lowest BCUT2D eigenvalue weighted by atomic mass is 10.1. The first-order valence-electron chi connectivity index (χ1n) is 10.9. The lowest BCUT2D eigenvalue weighted by Gasteiger charge is -2.12. The fourth-order valence-corrected chi connectivity index (χ4v) is 4.85. The molecule has 0 fully saturated rings. The number of thioether (sulfide) groups is 1. The average Bonchev–Trinajstić information content (AvgIpc) is 2.76. The molecule has 0 saturated carbocycles. The summed E-state index contributed by atoms with van der Waals surface area (Å²) in [4.78, 5) is 0. The van der Waals surface area contributed by atoms with Crippen molar-refractivity contribution in [1.29, 1.82) is 0 Å². The van der Waals surface area contributed by atoms with E-state index in [2.05, 4.69) is 31.2 Å². The zero-order valence-electron chi connectivity index (χ0n) is 18.9. The highest BCUT2D eigenvalue weighted by Crippen LogP contribution is 2.21. The van der Waals surface area contributed by atoms with Crippen molar-refractivity contribution < 1.29 is 22.4 Å². The molecule has 0 aliphatic rings. The van der Waals surface area contributed by atoms with E-state index in [1.807, 2.05) is 23.9 Å². The minimum absolute atomic E-state index is 0.271. The molecule has 1 N–H and O–H groups in total. The molecule has 0 amide bonds. The molecule has 1 atom stereocenters. The molecular formula is C26H30O5S2. The van der Waals surface area contributed by atoms with Crippen LogP contribution in [0.2, 0.25) is 0 Å². The van der Waals surface area contributed by atoms with Crippen LogP contribution in [0.4, 0.5) is 0 Å². The van der Waals surface area contributed by atoms with Gasteiger partial charge in [0.15, 0.2) is 0 Å². The van der Waals surface area contributed by atoms with Crippen molar-refractivity contribution >= 4 is 21.9 Å². The van der Waals surface area contributed by atoms with E-state index in [1.165, 1.54) is 16.7 Å². The van der Waals surface area contributed by atoms with Gasteiger partial charge in [-0.25, -0.2) is 0 Å². The predicted molar refractivity (Wildman–Crippen MR) is 135 cm³/mol. The smallest absolute Gasteiger partial charge is 0.306 e. The Balaban J connectivity index is 1.36. The Hall–Kier alpha value is -2.64. The maximum Gasteiger partial charge on any atom is 0.306 e. The summed E-state index contributed by atoms with van der Waals surface area (Å²) < 4.78 is 32.9. The number of phenols is 1. The van der Waals surface area contributed by atoms with Crippen molar-refractivity contribution in [2.24, 2.45) is 0 Å². The molecule has 0 spiro atoms. The second kappa shape index (κ2) is 12.0. The summed E-state index contributed by atoms with van der Waals surface area (Å²) in [6, 6.07) is 22.7. The van der Waals surface area contributed by atoms with Gasteiger partial charge in [-0.05, 0) is 71.7 Å². The number of hydrogen-bond donors (Lipinski definition) is 1. The van der Waals surface area contributed by atoms with Crippen molar-refractivity contribution in [3.8, 4) is 17.2 Å². The Bertz CT molecular complexity index is 1090. The summed E-state index contributed by atoms with van der Waals surface area (Å²) in [5.74, 6) is 2.31. The van der Waals surface area contributed by atoms with Crippen molar-refractivity contribution in [1.82, 2.24) is 0 Å². The van der Waals surface area contributed by atoms with E-state index >= 15 is 0 Å². The number of ether oxygens (including phenoxy) is 1. The number of aryl methyl sites for hydroxylation is 1. The van der Waals surface area contributed by atoms with Crippen molar-refractivity contribution in [3.05, 3.63) is 89.5 Å². The molecule has 0 unspecified atom stereocenters. The summed E-state index contributed by atoms with van der Waals surface area (Å²) in [5.41, 5.74) is 3.78. The second-order valence-electron chi connectivity index (χ2n) is 7.98. The predicted octanol–water partition coefficient (Wildman–Crippen LogP) is 5.26. The van der Waals surface area contributed by atoms with Gasteiger partial charge in [-0.15, -0.1) is 0 Å². The van der Waals surface area contributed by atoms with Crippen LogP contribution in [-0.4, -0.2) is 37.4 Å². The Morgan fingerprint density at radius 1 is 0.818 bits per heavy atom. The van der Waals surface area contributed by atoms with Crippen LogP contribution in [0.5, 0.6) is 17.2 Å². The molecule has 7 heteroatoms. The van der Waals surface area contributed by atoms with E-state index in [1.54, 1.807) is 36.4 Å². The van der Waals surface area contributed by atoms with Gasteiger partial charge in [-0.2, -0.15) is 20.2 Å². The number of benzene rings is 3. The maximum absolute atomic E-state index is 11.1. The fourth-order valence-electron chi connectivity index (χ4n) is 3.33. The summed E-state index contributed by atoms with van der Waals surface area (Å²) in [5, 5.41) is 9.89. The van der Waals surface area contributed by atoms with E-state index in [9.17, 15) is 13.5 Å². The van der Waals surface area contributed by atoms with Crippen LogP contribution in [0.3, 0.4) is 0 Å². The van der Waals surface area contributed by atoms with E-state index < -0.39 is 10.1 Å². The van der Waals surface area contributed by atoms with E-state index in [4.69, 9.17) is 8.92 Å². The van der Waals surface area contributed by atoms with Crippen LogP contribution in [0, 0.1) is 0 Å². The SMILES string of the molecule is C[C@@H](Cc1ccc(CCOc2ccc(OS(C)(=O)=O)cc2)cc1)SCCc1ccc(O)cc1. The van der Waals surface area contributed by atoms with Crippen molar-refractivity contribution in [3.63, 3.8) is 0 Å². The minimum Gasteiger partial charge on any atom is -0.508 e. The normalized spacial score (nSPS) is 12.3. The summed E-state index contributed by atoms with van der Waals surface area (Å²) in [6.07, 6.45) is 3.83. The Morgan fingerprint density at radius 3 is 2.00 bits per heavy atom. The fraction of sp³-hybridized carbons (Fsp3) is 0.308. The molecule has 176 valence electrons. The molecular weight excluding hydrogens is 456 g/mol. The summed E-state index contributed by atoms with van der Waals surface area (Å²) in [6.45, 7) is 2.80. The summed E-state index contributed by atoms with van der Waals surface area (Å²) >= 11 is 1.97. The quantitative estimate of drug-likeness (QED) is 0.352. The number of aromatic hydroxyl groups is 1. The van der Waals surface area contributed by atoms with Gasteiger partial charge in [-0.1, -0.05) is 43.3 Å². The molecule has 0 aliphatic heterocycles. The van der Waals surface area contributed by atoms with Gasteiger partial charge in [-0.3, -0.25) is 0 Å². The lowest BCUT2D eigenvalue weighted by Crippen LogP contribution is -2.06. The first-order valence-corrected chi connectivity index (χ1v) is 13.7. The molecule has 0 aliphatic carbocycles. The largest absolute Gasteiger partial charge is 0.508 e. The molecule has 3 rings (SSSR count). The van der Waals surface area contributed by atoms with Crippen LogP contribution in [0.1, 0.15) is 23.6 Å². The third kappa shape index (κ3) is 9.40. The molecule has 5 nitrogen and oxygen atoms in total. The number of phenolic OH excluding ortho intramolecular Hbond substituents is 1. The second-order valence-corrected chi connectivity index (χ2v) is 11.1. The van der Waals surface area contributed by atoms with E-state index in [-0.39, 0.29) is 5.75 Å². The van der Waals surface area contributed by atoms with Gasteiger partial charge in [0.1, 0.15) is 17.2 Å². The first kappa shape index (κ1) is 25.0. The van der Waals surface area contributed by atoms with Crippen LogP contribution in [0.15, 0.2) is 72.8 Å². The molecule has 0 radical (unpaired) electrons. The maximum atomic E-state index is 11.1. The summed E-state index contributed by atoms with van der Waals surface area (Å²) in [7, 11) is -3.52. The van der Waals surface area contributed by atoms with Gasteiger partial charge in [0, 0.05) is 11.7 Å². The highest BCUT2D eigenvalue weighted by molar-refractivity contribution is 7.99. The van der Waals surface area contributed by atoms with Gasteiger partial charge in [0.05, 0.1) is 12.9 Å². The van der Waals surface area contributed by atoms with Crippen LogP contribution >= 0.6 is 11.8 Å². The molecule has 3 aromatic rings. The monoisotopic (exact) mass is 486 g/mol. The number of hydrogen-bond acceptors (Lipinski definition) is 6. The topological polar surface area (TPSA) is 72.8 Å². The van der Waals surface area contributed by atoms with Gasteiger partial charge >= 0.3 is 10.1 Å². The van der Waals surface area contributed by atoms with Crippen molar-refractivity contribution in [2.45, 2.75) is 31.4 Å². The average molecular weight is 487 g/mol. The molecule has 0 aromatic heterocycles. The van der Waals surface area contributed by atoms with Gasteiger partial charge in [0.25, 0.3) is 0 Å². The van der Waals surface area contributed by atoms with Crippen LogP contribution in [0.25, 0.3) is 0 Å². The highest BCUT2D eigenvalue weighted by atomic mass is 32.2. The van der Waals surface area contributed by atoms with Crippen LogP contribution in [-0.2, 0) is 29.4 Å². The number of rotatable bonds is 12. The highest BCUT2D eigenvalue weighted by Gasteiger charge is 2.06. The standard InChI is InChI=1S/C26H30O5S2/c1-20(32-18-16-22-7-9-24(27)10-8-22)19-23-5-3-21(4-6-23)15-17-30-25-11-13-26(14-12-25)31-33(2,28)29/h3-14,20,27H,15-19H2,1-2H3/t20-/m0/s1. The molecule has 3 aromatic carbocycles. The molecule has 0 bridgehead atoms. The third-order valence-corrected chi connectivity index (χ3v) is 6.68. The van der Waals surface area contributed by atoms with E-state index in [0.717, 1.165) is 31.3 Å². The third-order valence-electron chi connectivity index (χ3n) is 5.01. The van der Waals surface area contributed by atoms with Gasteiger partial charge < -0.3 is 14.0 Å². The Labute approximate surface area is 200 Å². The van der Waals surface area contributed by atoms with Gasteiger partial charge in [0.2, 0.25) is 0 Å². The zero-order valence-corrected chi connectivity index (χ0v) is 20.6. The lowest BCUT2D eigenvalue weighted by molar-refractivity contribution is 0.321. The minimum atomic E-state index is -3.52. The van der Waals surface area contributed by atoms with E-state index in [0.29, 0.717) is 23.4 Å². The Kier molecular flexibility index (Phi) is 9.09.